The lowest BCUT2D eigenvalue weighted by molar-refractivity contribution is -0.145. The number of nitrogens with zero attached hydrogens (tertiary/aromatic N) is 1. The average Bonchev–Trinajstić information content (AvgIpc) is 3.27. The number of nitrogens with one attached hydrogen (secondary N) is 3. The highest BCUT2D eigenvalue weighted by molar-refractivity contribution is 6.37. The van der Waals surface area contributed by atoms with Crippen molar-refractivity contribution in [1.82, 2.24) is 20.9 Å². The van der Waals surface area contributed by atoms with E-state index in [2.05, 4.69) is 50.6 Å². The molecule has 10 heteroatoms. The zero-order chi connectivity index (χ0) is 30.8. The van der Waals surface area contributed by atoms with Crippen LogP contribution in [0.25, 0.3) is 0 Å². The topological polar surface area (TPSA) is 143 Å². The van der Waals surface area contributed by atoms with Crippen molar-refractivity contribution >= 4 is 23.5 Å². The summed E-state index contributed by atoms with van der Waals surface area (Å²) in [6.45, 7) is 12.4. The summed E-state index contributed by atoms with van der Waals surface area (Å²) in [5, 5.41) is 10.0. The molecule has 0 aromatic heterocycles. The predicted molar refractivity (Wildman–Crippen MR) is 161 cm³/mol. The molecule has 6 atom stereocenters. The van der Waals surface area contributed by atoms with E-state index < -0.39 is 29.8 Å². The summed E-state index contributed by atoms with van der Waals surface area (Å²) in [6.07, 6.45) is 8.48. The van der Waals surface area contributed by atoms with E-state index in [1.54, 1.807) is 12.0 Å². The van der Waals surface area contributed by atoms with Gasteiger partial charge in [-0.25, -0.2) is 0 Å². The molecule has 238 valence electrons. The molecular weight excluding hydrogens is 534 g/mol. The van der Waals surface area contributed by atoms with Gasteiger partial charge in [0.1, 0.15) is 6.04 Å². The molecule has 0 aromatic rings. The Hall–Kier alpha value is -2.04. The van der Waals surface area contributed by atoms with Crippen molar-refractivity contribution < 1.29 is 23.9 Å². The molecule has 0 radical (unpaired) electrons. The van der Waals surface area contributed by atoms with E-state index in [1.165, 1.54) is 0 Å². The Morgan fingerprint density at radius 3 is 2.24 bits per heavy atom. The SMILES string of the molecule is COC[C@H](CC(C)C)NCNC(C(=O)N1CC2[C@@H]([C@H]1C(=O)NC(CC1CCC1)C(=O)C(N)=O)C2(C)C)C1(C)CCCC1. The van der Waals surface area contributed by atoms with Gasteiger partial charge in [-0.05, 0) is 60.2 Å². The van der Waals surface area contributed by atoms with Crippen LogP contribution in [-0.4, -0.2) is 79.5 Å². The molecule has 1 heterocycles. The highest BCUT2D eigenvalue weighted by Crippen LogP contribution is 2.65. The zero-order valence-corrected chi connectivity index (χ0v) is 26.7. The standard InChI is InChI=1S/C32H55N5O5/c1-19(2)14-21(17-42-6)34-18-35-27(32(5)12-7-8-13-32)30(41)37-16-22-24(31(22,3)4)25(37)29(40)36-23(26(38)28(33)39)15-20-10-9-11-20/h19-25,27,34-35H,7-18H2,1-6H3,(H2,33,39)(H,36,40)/t21-,22?,23?,24-,25-,27?/m0/s1. The van der Waals surface area contributed by atoms with Gasteiger partial charge in [0.15, 0.2) is 0 Å². The van der Waals surface area contributed by atoms with Gasteiger partial charge in [-0.3, -0.25) is 29.8 Å². The molecule has 3 unspecified atom stereocenters. The Labute approximate surface area is 252 Å². The second-order valence-electron chi connectivity index (χ2n) is 14.9. The minimum Gasteiger partial charge on any atom is -0.383 e. The fourth-order valence-corrected chi connectivity index (χ4v) is 8.09. The van der Waals surface area contributed by atoms with Crippen LogP contribution in [0.5, 0.6) is 0 Å². The first-order valence-electron chi connectivity index (χ1n) is 16.2. The first-order valence-corrected chi connectivity index (χ1v) is 16.2. The number of carbonyl (C=O) groups is 4. The van der Waals surface area contributed by atoms with Gasteiger partial charge in [-0.2, -0.15) is 0 Å². The Kier molecular flexibility index (Phi) is 10.4. The lowest BCUT2D eigenvalue weighted by Gasteiger charge is -2.40. The number of piperidine rings is 1. The Morgan fingerprint density at radius 2 is 1.69 bits per heavy atom. The number of Topliss-reactive ketones (excluding diaryl/α,β-unsaturated/α-hetero) is 1. The average molecular weight is 590 g/mol. The third-order valence-corrected chi connectivity index (χ3v) is 10.9. The monoisotopic (exact) mass is 589 g/mol. The number of amides is 3. The van der Waals surface area contributed by atoms with Crippen molar-refractivity contribution in [2.24, 2.45) is 40.2 Å². The van der Waals surface area contributed by atoms with Crippen molar-refractivity contribution in [2.45, 2.75) is 117 Å². The lowest BCUT2D eigenvalue weighted by atomic mass is 9.79. The second kappa shape index (κ2) is 13.3. The van der Waals surface area contributed by atoms with Gasteiger partial charge < -0.3 is 20.7 Å². The molecular formula is C32H55N5O5. The molecule has 3 aliphatic carbocycles. The number of primary amides is 1. The smallest absolute Gasteiger partial charge is 0.287 e. The first-order chi connectivity index (χ1) is 19.8. The normalized spacial score (nSPS) is 28.1. The molecule has 3 saturated carbocycles. The van der Waals surface area contributed by atoms with Gasteiger partial charge in [0.05, 0.1) is 18.7 Å². The fourth-order valence-electron chi connectivity index (χ4n) is 8.09. The van der Waals surface area contributed by atoms with Crippen molar-refractivity contribution in [3.8, 4) is 0 Å². The van der Waals surface area contributed by atoms with Crippen LogP contribution in [0.2, 0.25) is 0 Å². The van der Waals surface area contributed by atoms with E-state index >= 15 is 0 Å². The summed E-state index contributed by atoms with van der Waals surface area (Å²) in [5.41, 5.74) is 5.08. The van der Waals surface area contributed by atoms with Crippen LogP contribution in [-0.2, 0) is 23.9 Å². The molecule has 3 amide bonds. The van der Waals surface area contributed by atoms with Gasteiger partial charge >= 0.3 is 0 Å². The predicted octanol–water partition coefficient (Wildman–Crippen LogP) is 2.35. The van der Waals surface area contributed by atoms with E-state index in [-0.39, 0.29) is 40.5 Å². The number of rotatable bonds is 16. The third kappa shape index (κ3) is 7.02. The quantitative estimate of drug-likeness (QED) is 0.160. The highest BCUT2D eigenvalue weighted by Gasteiger charge is 2.70. The van der Waals surface area contributed by atoms with Crippen molar-refractivity contribution in [2.75, 3.05) is 26.9 Å². The van der Waals surface area contributed by atoms with Gasteiger partial charge in [0.2, 0.25) is 17.6 Å². The maximum Gasteiger partial charge on any atom is 0.287 e. The van der Waals surface area contributed by atoms with Gasteiger partial charge in [-0.1, -0.05) is 66.7 Å². The summed E-state index contributed by atoms with van der Waals surface area (Å²) in [4.78, 5) is 54.7. The van der Waals surface area contributed by atoms with E-state index in [4.69, 9.17) is 10.5 Å². The third-order valence-electron chi connectivity index (χ3n) is 10.9. The maximum atomic E-state index is 14.5. The van der Waals surface area contributed by atoms with Crippen molar-refractivity contribution in [1.29, 1.82) is 0 Å². The summed E-state index contributed by atoms with van der Waals surface area (Å²) in [7, 11) is 1.70. The summed E-state index contributed by atoms with van der Waals surface area (Å²) in [5.74, 6) is -1.13. The van der Waals surface area contributed by atoms with E-state index in [0.717, 1.165) is 51.4 Å². The van der Waals surface area contributed by atoms with E-state index in [9.17, 15) is 19.2 Å². The molecule has 0 aromatic carbocycles. The number of nitrogens with two attached hydrogens (primary N) is 1. The van der Waals surface area contributed by atoms with Gasteiger partial charge in [-0.15, -0.1) is 0 Å². The minimum atomic E-state index is -1.03. The largest absolute Gasteiger partial charge is 0.383 e. The molecule has 5 N–H and O–H groups in total. The maximum absolute atomic E-state index is 14.5. The Bertz CT molecular complexity index is 1010. The van der Waals surface area contributed by atoms with Crippen LogP contribution >= 0.6 is 0 Å². The molecule has 4 rings (SSSR count). The number of hydrogen-bond acceptors (Lipinski definition) is 7. The van der Waals surface area contributed by atoms with Gasteiger partial charge in [0, 0.05) is 26.4 Å². The Morgan fingerprint density at radius 1 is 1.02 bits per heavy atom. The number of likely N-dealkylation sites (tertiary alicyclic amines) is 1. The molecule has 0 bridgehead atoms. The first kappa shape index (κ1) is 32.9. The van der Waals surface area contributed by atoms with Crippen LogP contribution in [0.15, 0.2) is 0 Å². The lowest BCUT2D eigenvalue weighted by Crippen LogP contribution is -2.61. The molecule has 4 aliphatic rings. The molecule has 4 fully saturated rings. The summed E-state index contributed by atoms with van der Waals surface area (Å²) < 4.78 is 5.42. The molecule has 10 nitrogen and oxygen atoms in total. The number of methoxy groups -OCH3 is 1. The number of ether oxygens (including phenoxy) is 1. The zero-order valence-electron chi connectivity index (χ0n) is 26.7. The van der Waals surface area contributed by atoms with Crippen molar-refractivity contribution in [3.63, 3.8) is 0 Å². The highest BCUT2D eigenvalue weighted by atomic mass is 16.5. The number of hydrogen-bond donors (Lipinski definition) is 4. The number of ketones is 1. The van der Waals surface area contributed by atoms with Gasteiger partial charge in [0.25, 0.3) is 5.91 Å². The molecule has 1 aliphatic heterocycles. The van der Waals surface area contributed by atoms with Crippen LogP contribution in [0.4, 0.5) is 0 Å². The minimum absolute atomic E-state index is 0.0155. The molecule has 1 saturated heterocycles. The summed E-state index contributed by atoms with van der Waals surface area (Å²) >= 11 is 0. The second-order valence-corrected chi connectivity index (χ2v) is 14.9. The van der Waals surface area contributed by atoms with Crippen LogP contribution in [0.1, 0.15) is 92.4 Å². The molecule has 0 spiro atoms. The van der Waals surface area contributed by atoms with Crippen LogP contribution in [0, 0.1) is 34.5 Å². The fraction of sp³-hybridized carbons (Fsp3) is 0.875. The van der Waals surface area contributed by atoms with Crippen LogP contribution in [0.3, 0.4) is 0 Å². The van der Waals surface area contributed by atoms with E-state index in [0.29, 0.717) is 38.1 Å². The summed E-state index contributed by atoms with van der Waals surface area (Å²) in [6, 6.07) is -1.89. The molecule has 42 heavy (non-hydrogen) atoms. The van der Waals surface area contributed by atoms with Crippen LogP contribution < -0.4 is 21.7 Å². The number of carbonyl (C=O) groups excluding carboxylic acids is 4. The van der Waals surface area contributed by atoms with E-state index in [1.807, 2.05) is 0 Å². The van der Waals surface area contributed by atoms with Crippen molar-refractivity contribution in [3.05, 3.63) is 0 Å². The number of fused-ring (bicyclic) bond motifs is 1. The Balaban J connectivity index is 1.52.